The number of carbonyl (C=O) groups excluding carboxylic acids is 1. The molecule has 0 heterocycles. The first-order valence-electron chi connectivity index (χ1n) is 4.77. The molecule has 16 heavy (non-hydrogen) atoms. The van der Waals surface area contributed by atoms with E-state index in [-0.39, 0.29) is 0 Å². The molecule has 0 aromatic carbocycles. The lowest BCUT2D eigenvalue weighted by molar-refractivity contribution is -0.634. The van der Waals surface area contributed by atoms with Crippen molar-refractivity contribution in [3.8, 4) is 0 Å². The lowest BCUT2D eigenvalue weighted by Crippen LogP contribution is -2.12. The summed E-state index contributed by atoms with van der Waals surface area (Å²) in [5.41, 5.74) is 0. The second-order valence-corrected chi connectivity index (χ2v) is 4.03. The van der Waals surface area contributed by atoms with Crippen molar-refractivity contribution in [3.63, 3.8) is 0 Å². The Balaban J connectivity index is -0.000000172. The maximum absolute atomic E-state index is 9.47. The van der Waals surface area contributed by atoms with Gasteiger partial charge in [0, 0.05) is 6.92 Å². The van der Waals surface area contributed by atoms with Crippen LogP contribution in [0.25, 0.3) is 0 Å². The second-order valence-electron chi connectivity index (χ2n) is 2.49. The third-order valence-corrected chi connectivity index (χ3v) is 1.55. The highest BCUT2D eigenvalue weighted by molar-refractivity contribution is 7.85. The highest BCUT2D eigenvalue weighted by atomic mass is 32.2. The van der Waals surface area contributed by atoms with Crippen LogP contribution in [-0.4, -0.2) is 44.8 Å². The molecule has 0 N–H and O–H groups in total. The molecule has 7 heteroatoms. The van der Waals surface area contributed by atoms with Gasteiger partial charge in [-0.1, -0.05) is 0 Å². The zero-order chi connectivity index (χ0) is 13.6. The van der Waals surface area contributed by atoms with Crippen LogP contribution in [0.3, 0.4) is 0 Å². The molecule has 0 rings (SSSR count). The van der Waals surface area contributed by atoms with E-state index in [1.807, 2.05) is 0 Å². The molecule has 0 aromatic rings. The van der Waals surface area contributed by atoms with E-state index in [0.717, 1.165) is 19.4 Å². The summed E-state index contributed by atoms with van der Waals surface area (Å²) >= 11 is 0. The molecular formula is C9H21NO5S. The van der Waals surface area contributed by atoms with Crippen molar-refractivity contribution >= 4 is 22.6 Å². The van der Waals surface area contributed by atoms with Gasteiger partial charge in [0.05, 0.1) is 6.26 Å². The van der Waals surface area contributed by atoms with Gasteiger partial charge in [-0.3, -0.25) is 0 Å². The van der Waals surface area contributed by atoms with Gasteiger partial charge >= 0.3 is 0 Å². The van der Waals surface area contributed by atoms with Gasteiger partial charge in [-0.05, 0) is 20.8 Å². The molecule has 0 amide bonds. The molecular weight excluding hydrogens is 234 g/mol. The van der Waals surface area contributed by atoms with Crippen LogP contribution >= 0.6 is 0 Å². The molecule has 0 saturated heterocycles. The molecule has 0 radical (unpaired) electrons. The maximum Gasteiger partial charge on any atom is 0.255 e. The van der Waals surface area contributed by atoms with Gasteiger partial charge in [0.2, 0.25) is 0 Å². The fraction of sp³-hybridized carbons (Fsp3) is 0.778. The van der Waals surface area contributed by atoms with Crippen LogP contribution < -0.4 is 5.26 Å². The third-order valence-electron chi connectivity index (χ3n) is 1.30. The molecule has 0 atom stereocenters. The van der Waals surface area contributed by atoms with Gasteiger partial charge in [-0.2, -0.15) is 0 Å². The van der Waals surface area contributed by atoms with Crippen molar-refractivity contribution in [2.24, 2.45) is 0 Å². The molecule has 98 valence electrons. The first-order chi connectivity index (χ1) is 7.32. The summed E-state index contributed by atoms with van der Waals surface area (Å²) < 4.78 is 23.8. The van der Waals surface area contributed by atoms with Gasteiger partial charge in [0.15, 0.2) is 0 Å². The number of rotatable bonds is 3. The fourth-order valence-electron chi connectivity index (χ4n) is 0.589. The van der Waals surface area contributed by atoms with Crippen LogP contribution in [0, 0.1) is 0 Å². The Labute approximate surface area is 97.6 Å². The summed E-state index contributed by atoms with van der Waals surface area (Å²) in [7, 11) is -3.72. The Morgan fingerprint density at radius 1 is 1.25 bits per heavy atom. The Morgan fingerprint density at radius 3 is 1.50 bits per heavy atom. The van der Waals surface area contributed by atoms with E-state index in [1.165, 1.54) is 6.92 Å². The predicted molar refractivity (Wildman–Crippen MR) is 60.7 cm³/mol. The number of hydrogen-bond acceptors (Lipinski definition) is 5. The van der Waals surface area contributed by atoms with Gasteiger partial charge < -0.3 is 14.4 Å². The largest absolute Gasteiger partial charge is 0.707 e. The highest BCUT2D eigenvalue weighted by Gasteiger charge is 1.87. The van der Waals surface area contributed by atoms with Crippen molar-refractivity contribution < 1.29 is 27.4 Å². The summed E-state index contributed by atoms with van der Waals surface area (Å²) in [6.45, 7) is 10.1. The average Bonchev–Trinajstić information content (AvgIpc) is 2.21. The molecule has 0 fully saturated rings. The molecule has 0 spiro atoms. The van der Waals surface area contributed by atoms with E-state index in [9.17, 15) is 8.42 Å². The van der Waals surface area contributed by atoms with E-state index < -0.39 is 10.1 Å². The van der Waals surface area contributed by atoms with Crippen molar-refractivity contribution in [3.05, 3.63) is 0 Å². The van der Waals surface area contributed by atoms with Crippen LogP contribution in [0.1, 0.15) is 27.7 Å². The van der Waals surface area contributed by atoms with E-state index >= 15 is 0 Å². The number of hydrogen-bond donors (Lipinski definition) is 0. The molecule has 0 saturated carbocycles. The summed E-state index contributed by atoms with van der Waals surface area (Å²) in [6.07, 6.45) is 3.54. The molecule has 0 aromatic heterocycles. The molecule has 6 nitrogen and oxygen atoms in total. The van der Waals surface area contributed by atoms with E-state index in [2.05, 4.69) is 35.9 Å². The van der Waals surface area contributed by atoms with Crippen LogP contribution in [0.2, 0.25) is 0 Å². The first-order valence-corrected chi connectivity index (χ1v) is 6.59. The van der Waals surface area contributed by atoms with Gasteiger partial charge in [0.1, 0.15) is 25.6 Å². The summed E-state index contributed by atoms with van der Waals surface area (Å²) in [5.74, 6) is 0. The normalized spacial score (nSPS) is 8.88. The van der Waals surface area contributed by atoms with E-state index in [4.69, 9.17) is 10.1 Å². The zero-order valence-electron chi connectivity index (χ0n) is 10.5. The SMILES string of the molecule is CC=O.CC=[N+](CC)CC.CS(=O)(=O)O[O-]. The minimum atomic E-state index is -3.72. The number of carbonyl (C=O) groups is 1. The van der Waals surface area contributed by atoms with Crippen LogP contribution in [0.4, 0.5) is 0 Å². The van der Waals surface area contributed by atoms with E-state index in [1.54, 1.807) is 0 Å². The Hall–Kier alpha value is -0.790. The topological polar surface area (TPSA) is 86.5 Å². The number of nitrogens with zero attached hydrogens (tertiary/aromatic N) is 1. The maximum atomic E-state index is 9.47. The average molecular weight is 255 g/mol. The van der Waals surface area contributed by atoms with Crippen molar-refractivity contribution in [2.75, 3.05) is 19.3 Å². The Morgan fingerprint density at radius 2 is 1.50 bits per heavy atom. The quantitative estimate of drug-likeness (QED) is 0.225. The molecule has 0 aliphatic heterocycles. The lowest BCUT2D eigenvalue weighted by Gasteiger charge is -1.97. The standard InChI is InChI=1S/C6H14N.C2H4O.CH4O4S/c1-4-7(5-2)6-3;1-2-3;1-6(3,4)5-2/h4H,5-6H2,1-3H3;2H,1H3;2H,1H3/q+1;;/p-1. The summed E-state index contributed by atoms with van der Waals surface area (Å²) in [6, 6.07) is 0. The Bertz CT molecular complexity index is 266. The third kappa shape index (κ3) is 29.2. The van der Waals surface area contributed by atoms with E-state index in [0.29, 0.717) is 6.26 Å². The minimum Gasteiger partial charge on any atom is -0.707 e. The smallest absolute Gasteiger partial charge is 0.255 e. The number of aldehydes is 1. The van der Waals surface area contributed by atoms with Crippen LogP contribution in [0.15, 0.2) is 0 Å². The fourth-order valence-corrected chi connectivity index (χ4v) is 0.589. The van der Waals surface area contributed by atoms with Crippen LogP contribution in [0.5, 0.6) is 0 Å². The predicted octanol–water partition coefficient (Wildman–Crippen LogP) is -0.427. The first kappa shape index (κ1) is 20.6. The second kappa shape index (κ2) is 14.2. The molecule has 0 bridgehead atoms. The summed E-state index contributed by atoms with van der Waals surface area (Å²) in [5, 5.41) is 8.86. The summed E-state index contributed by atoms with van der Waals surface area (Å²) in [4.78, 5) is 8.81. The van der Waals surface area contributed by atoms with Crippen molar-refractivity contribution in [2.45, 2.75) is 27.7 Å². The van der Waals surface area contributed by atoms with Crippen molar-refractivity contribution in [1.82, 2.24) is 0 Å². The minimum absolute atomic E-state index is 0.681. The van der Waals surface area contributed by atoms with Gasteiger partial charge in [0.25, 0.3) is 10.1 Å². The van der Waals surface area contributed by atoms with Gasteiger partial charge in [-0.15, -0.1) is 0 Å². The lowest BCUT2D eigenvalue weighted by atomic mass is 10.6. The molecule has 0 aliphatic rings. The molecule has 0 unspecified atom stereocenters. The van der Waals surface area contributed by atoms with Gasteiger partial charge in [-0.25, -0.2) is 13.0 Å². The zero-order valence-corrected chi connectivity index (χ0v) is 11.3. The molecule has 0 aliphatic carbocycles. The van der Waals surface area contributed by atoms with Crippen LogP contribution in [-0.2, 0) is 19.2 Å². The highest BCUT2D eigenvalue weighted by Crippen LogP contribution is 1.71. The Kier molecular flexibility index (Phi) is 18.3. The monoisotopic (exact) mass is 255 g/mol. The van der Waals surface area contributed by atoms with Crippen molar-refractivity contribution in [1.29, 1.82) is 0 Å².